The Morgan fingerprint density at radius 3 is 3.10 bits per heavy atom. The molecule has 2 rings (SSSR count). The molecule has 0 bridgehead atoms. The predicted octanol–water partition coefficient (Wildman–Crippen LogP) is 0.395. The van der Waals surface area contributed by atoms with Crippen LogP contribution < -0.4 is 5.73 Å². The van der Waals surface area contributed by atoms with Gasteiger partial charge >= 0.3 is 5.97 Å². The van der Waals surface area contributed by atoms with Crippen molar-refractivity contribution in [2.45, 2.75) is 19.5 Å². The summed E-state index contributed by atoms with van der Waals surface area (Å²) in [6, 6.07) is 0.349. The monoisotopic (exact) mass is 298 g/mol. The first kappa shape index (κ1) is 15.4. The molecule has 2 N–H and O–H groups in total. The van der Waals surface area contributed by atoms with Gasteiger partial charge in [-0.15, -0.1) is 11.3 Å². The van der Waals surface area contributed by atoms with Crippen molar-refractivity contribution >= 4 is 17.3 Å². The van der Waals surface area contributed by atoms with E-state index in [2.05, 4.69) is 21.8 Å². The van der Waals surface area contributed by atoms with E-state index in [1.54, 1.807) is 6.92 Å². The molecular formula is C13H22N4O2S. The molecule has 0 saturated carbocycles. The zero-order valence-electron chi connectivity index (χ0n) is 12.0. The summed E-state index contributed by atoms with van der Waals surface area (Å²) in [6.45, 7) is 6.54. The summed E-state index contributed by atoms with van der Waals surface area (Å²) in [6.07, 6.45) is 0. The smallest absolute Gasteiger partial charge is 0.367 e. The highest BCUT2D eigenvalue weighted by molar-refractivity contribution is 7.11. The van der Waals surface area contributed by atoms with Crippen LogP contribution in [0.5, 0.6) is 0 Å². The molecule has 2 heterocycles. The summed E-state index contributed by atoms with van der Waals surface area (Å²) in [5.41, 5.74) is 6.76. The molecule has 0 spiro atoms. The van der Waals surface area contributed by atoms with Crippen LogP contribution in [0.1, 0.15) is 22.4 Å². The fraction of sp³-hybridized carbons (Fsp3) is 0.692. The predicted molar refractivity (Wildman–Crippen MR) is 78.8 cm³/mol. The lowest BCUT2D eigenvalue weighted by Crippen LogP contribution is -2.54. The van der Waals surface area contributed by atoms with E-state index in [1.807, 2.05) is 5.38 Å². The number of thiazole rings is 1. The van der Waals surface area contributed by atoms with Gasteiger partial charge in [-0.05, 0) is 14.0 Å². The zero-order chi connectivity index (χ0) is 14.5. The van der Waals surface area contributed by atoms with Crippen molar-refractivity contribution in [3.8, 4) is 0 Å². The van der Waals surface area contributed by atoms with Gasteiger partial charge in [-0.3, -0.25) is 4.90 Å². The number of piperazine rings is 1. The molecule has 112 valence electrons. The molecule has 7 heteroatoms. The van der Waals surface area contributed by atoms with E-state index in [-0.39, 0.29) is 5.97 Å². The van der Waals surface area contributed by atoms with Crippen molar-refractivity contribution in [3.63, 3.8) is 0 Å². The number of esters is 1. The Bertz CT molecular complexity index is 451. The third-order valence-electron chi connectivity index (χ3n) is 3.45. The number of rotatable bonds is 5. The normalized spacial score (nSPS) is 21.1. The molecule has 1 saturated heterocycles. The minimum absolute atomic E-state index is 0.336. The van der Waals surface area contributed by atoms with Gasteiger partial charge in [-0.25, -0.2) is 9.78 Å². The summed E-state index contributed by atoms with van der Waals surface area (Å²) >= 11 is 1.34. The van der Waals surface area contributed by atoms with Crippen LogP contribution in [0.3, 0.4) is 0 Å². The quantitative estimate of drug-likeness (QED) is 0.793. The van der Waals surface area contributed by atoms with E-state index in [9.17, 15) is 4.79 Å². The summed E-state index contributed by atoms with van der Waals surface area (Å²) in [7, 11) is 2.11. The third kappa shape index (κ3) is 3.76. The van der Waals surface area contributed by atoms with Crippen LogP contribution in [0, 0.1) is 0 Å². The number of aromatic nitrogens is 1. The van der Waals surface area contributed by atoms with E-state index in [1.165, 1.54) is 11.3 Å². The number of likely N-dealkylation sites (N-methyl/N-ethyl adjacent to an activating group) is 1. The Morgan fingerprint density at radius 1 is 1.60 bits per heavy atom. The lowest BCUT2D eigenvalue weighted by molar-refractivity contribution is 0.0525. The average molecular weight is 298 g/mol. The largest absolute Gasteiger partial charge is 0.461 e. The topological polar surface area (TPSA) is 71.7 Å². The highest BCUT2D eigenvalue weighted by atomic mass is 32.1. The van der Waals surface area contributed by atoms with Gasteiger partial charge in [0.2, 0.25) is 5.01 Å². The second-order valence-electron chi connectivity index (χ2n) is 4.99. The number of ether oxygens (including phenoxy) is 1. The van der Waals surface area contributed by atoms with Gasteiger partial charge < -0.3 is 15.4 Å². The van der Waals surface area contributed by atoms with Crippen molar-refractivity contribution in [2.75, 3.05) is 39.8 Å². The van der Waals surface area contributed by atoms with E-state index >= 15 is 0 Å². The number of hydrogen-bond acceptors (Lipinski definition) is 7. The van der Waals surface area contributed by atoms with E-state index in [0.29, 0.717) is 24.2 Å². The van der Waals surface area contributed by atoms with Crippen molar-refractivity contribution in [1.82, 2.24) is 14.8 Å². The molecule has 1 aliphatic heterocycles. The van der Waals surface area contributed by atoms with Crippen LogP contribution in [0.15, 0.2) is 5.38 Å². The van der Waals surface area contributed by atoms with E-state index in [0.717, 1.165) is 31.9 Å². The first-order valence-electron chi connectivity index (χ1n) is 6.88. The number of nitrogens with zero attached hydrogens (tertiary/aromatic N) is 3. The molecule has 0 aliphatic carbocycles. The molecular weight excluding hydrogens is 276 g/mol. The van der Waals surface area contributed by atoms with Gasteiger partial charge in [-0.1, -0.05) is 0 Å². The van der Waals surface area contributed by atoms with Crippen LogP contribution in [0.4, 0.5) is 0 Å². The summed E-state index contributed by atoms with van der Waals surface area (Å²) in [4.78, 5) is 20.6. The molecule has 20 heavy (non-hydrogen) atoms. The zero-order valence-corrected chi connectivity index (χ0v) is 12.9. The molecule has 1 aliphatic rings. The van der Waals surface area contributed by atoms with Crippen LogP contribution >= 0.6 is 11.3 Å². The van der Waals surface area contributed by atoms with Crippen molar-refractivity contribution < 1.29 is 9.53 Å². The maximum Gasteiger partial charge on any atom is 0.367 e. The van der Waals surface area contributed by atoms with Crippen LogP contribution in [-0.2, 0) is 11.3 Å². The maximum atomic E-state index is 11.6. The number of hydrogen-bond donors (Lipinski definition) is 1. The van der Waals surface area contributed by atoms with Crippen molar-refractivity contribution in [2.24, 2.45) is 5.73 Å². The van der Waals surface area contributed by atoms with Gasteiger partial charge in [0.25, 0.3) is 0 Å². The Hall–Kier alpha value is -1.02. The average Bonchev–Trinajstić information content (AvgIpc) is 2.89. The van der Waals surface area contributed by atoms with Crippen LogP contribution in [0.25, 0.3) is 0 Å². The number of carbonyl (C=O) groups is 1. The first-order valence-corrected chi connectivity index (χ1v) is 7.76. The van der Waals surface area contributed by atoms with Crippen molar-refractivity contribution in [1.29, 1.82) is 0 Å². The SMILES string of the molecule is CCOC(=O)c1nc(CN2CCN(C)CC2CN)cs1. The summed E-state index contributed by atoms with van der Waals surface area (Å²) in [5, 5.41) is 2.36. The summed E-state index contributed by atoms with van der Waals surface area (Å²) < 4.78 is 4.96. The van der Waals surface area contributed by atoms with E-state index < -0.39 is 0 Å². The summed E-state index contributed by atoms with van der Waals surface area (Å²) in [5.74, 6) is -0.336. The molecule has 1 fully saturated rings. The highest BCUT2D eigenvalue weighted by Crippen LogP contribution is 2.16. The second kappa shape index (κ2) is 7.12. The Balaban J connectivity index is 1.97. The Kier molecular flexibility index (Phi) is 5.47. The third-order valence-corrected chi connectivity index (χ3v) is 4.32. The lowest BCUT2D eigenvalue weighted by atomic mass is 10.1. The fourth-order valence-electron chi connectivity index (χ4n) is 2.35. The van der Waals surface area contributed by atoms with Crippen LogP contribution in [0.2, 0.25) is 0 Å². The van der Waals surface area contributed by atoms with Crippen molar-refractivity contribution in [3.05, 3.63) is 16.1 Å². The number of carbonyl (C=O) groups excluding carboxylic acids is 1. The van der Waals surface area contributed by atoms with Gasteiger partial charge in [0, 0.05) is 44.1 Å². The van der Waals surface area contributed by atoms with Gasteiger partial charge in [0.1, 0.15) is 0 Å². The lowest BCUT2D eigenvalue weighted by Gasteiger charge is -2.39. The van der Waals surface area contributed by atoms with Gasteiger partial charge in [0.05, 0.1) is 12.3 Å². The Labute approximate surface area is 123 Å². The Morgan fingerprint density at radius 2 is 2.40 bits per heavy atom. The standard InChI is InChI=1S/C13H22N4O2S/c1-3-19-13(18)12-15-10(9-20-12)7-17-5-4-16(2)8-11(17)6-14/h9,11H,3-8,14H2,1-2H3. The second-order valence-corrected chi connectivity index (χ2v) is 5.84. The minimum atomic E-state index is -0.336. The molecule has 6 nitrogen and oxygen atoms in total. The molecule has 1 aromatic heterocycles. The van der Waals surface area contributed by atoms with Gasteiger partial charge in [0.15, 0.2) is 0 Å². The maximum absolute atomic E-state index is 11.6. The van der Waals surface area contributed by atoms with Crippen LogP contribution in [-0.4, -0.2) is 66.6 Å². The highest BCUT2D eigenvalue weighted by Gasteiger charge is 2.25. The van der Waals surface area contributed by atoms with Gasteiger partial charge in [-0.2, -0.15) is 0 Å². The molecule has 1 unspecified atom stereocenters. The number of nitrogens with two attached hydrogens (primary N) is 1. The fourth-order valence-corrected chi connectivity index (χ4v) is 3.05. The first-order chi connectivity index (χ1) is 9.63. The van der Waals surface area contributed by atoms with E-state index in [4.69, 9.17) is 10.5 Å². The molecule has 0 radical (unpaired) electrons. The molecule has 0 amide bonds. The molecule has 0 aromatic carbocycles. The molecule has 1 atom stereocenters. The minimum Gasteiger partial charge on any atom is -0.461 e. The molecule has 1 aromatic rings.